The number of amides is 2. The zero-order valence-corrected chi connectivity index (χ0v) is 17.4. The van der Waals surface area contributed by atoms with E-state index in [1.807, 2.05) is 6.26 Å². The largest absolute Gasteiger partial charge is 0.458 e. The minimum atomic E-state index is -0.958. The van der Waals surface area contributed by atoms with Gasteiger partial charge in [0.25, 0.3) is 0 Å². The van der Waals surface area contributed by atoms with Gasteiger partial charge in [0, 0.05) is 18.3 Å². The van der Waals surface area contributed by atoms with Gasteiger partial charge in [-0.1, -0.05) is 19.8 Å². The highest BCUT2D eigenvalue weighted by Gasteiger charge is 2.25. The first-order valence-corrected chi connectivity index (χ1v) is 10.9. The average molecular weight is 401 g/mol. The van der Waals surface area contributed by atoms with Crippen LogP contribution in [-0.2, 0) is 23.9 Å². The molecule has 1 fully saturated rings. The van der Waals surface area contributed by atoms with Gasteiger partial charge in [-0.25, -0.2) is 0 Å². The summed E-state index contributed by atoms with van der Waals surface area (Å²) in [5, 5.41) is 2.68. The highest BCUT2D eigenvalue weighted by atomic mass is 32.2. The van der Waals surface area contributed by atoms with Crippen molar-refractivity contribution in [2.45, 2.75) is 57.6 Å². The molecule has 1 unspecified atom stereocenters. The molecule has 0 aromatic rings. The van der Waals surface area contributed by atoms with Gasteiger partial charge in [-0.3, -0.25) is 19.2 Å². The Morgan fingerprint density at radius 3 is 2.44 bits per heavy atom. The van der Waals surface area contributed by atoms with Crippen molar-refractivity contribution in [2.24, 2.45) is 5.92 Å². The van der Waals surface area contributed by atoms with Crippen LogP contribution in [0.5, 0.6) is 0 Å². The van der Waals surface area contributed by atoms with Crippen molar-refractivity contribution in [1.29, 1.82) is 0 Å². The van der Waals surface area contributed by atoms with Crippen LogP contribution in [0, 0.1) is 5.92 Å². The number of rotatable bonds is 12. The first-order valence-electron chi connectivity index (χ1n) is 9.65. The van der Waals surface area contributed by atoms with Gasteiger partial charge < -0.3 is 15.0 Å². The molecule has 0 aromatic carbocycles. The normalized spacial score (nSPS) is 15.9. The maximum Gasteiger partial charge on any atom is 0.307 e. The van der Waals surface area contributed by atoms with E-state index in [0.29, 0.717) is 13.1 Å². The third-order valence-corrected chi connectivity index (χ3v) is 5.80. The summed E-state index contributed by atoms with van der Waals surface area (Å²) < 4.78 is 5.04. The predicted octanol–water partition coefficient (Wildman–Crippen LogP) is 1.79. The van der Waals surface area contributed by atoms with Crippen LogP contribution in [0.25, 0.3) is 0 Å². The fourth-order valence-corrected chi connectivity index (χ4v) is 3.50. The van der Waals surface area contributed by atoms with Gasteiger partial charge >= 0.3 is 5.97 Å². The van der Waals surface area contributed by atoms with E-state index >= 15 is 0 Å². The number of hydrogen-bond acceptors (Lipinski definition) is 6. The summed E-state index contributed by atoms with van der Waals surface area (Å²) in [5.41, 5.74) is 0. The number of carbonyl (C=O) groups excluding carboxylic acids is 4. The number of nitrogens with zero attached hydrogens (tertiary/aromatic N) is 1. The van der Waals surface area contributed by atoms with Crippen molar-refractivity contribution in [1.82, 2.24) is 10.2 Å². The molecule has 0 bridgehead atoms. The third kappa shape index (κ3) is 8.77. The molecule has 0 saturated carbocycles. The molecule has 0 radical (unpaired) electrons. The second kappa shape index (κ2) is 12.8. The smallest absolute Gasteiger partial charge is 0.307 e. The first kappa shape index (κ1) is 23.5. The fraction of sp³-hybridized carbons (Fsp3) is 0.789. The quantitative estimate of drug-likeness (QED) is 0.397. The zero-order valence-electron chi connectivity index (χ0n) is 16.6. The Morgan fingerprint density at radius 1 is 1.19 bits per heavy atom. The standard InChI is InChI=1S/C19H32N2O5S/c1-4-5-8-15(27-3)11-18(24)26-13-16(22)14(2)19(25)20-12-17(23)21-9-6-7-10-21/h14-15H,4-13H2,1-3H3,(H,20,25)/t14-,15?/m0/s1. The summed E-state index contributed by atoms with van der Waals surface area (Å²) >= 11 is 1.62. The van der Waals surface area contributed by atoms with E-state index in [1.165, 1.54) is 6.92 Å². The summed E-state index contributed by atoms with van der Waals surface area (Å²) in [7, 11) is 0. The molecule has 1 aliphatic rings. The number of esters is 1. The Kier molecular flexibility index (Phi) is 11.1. The Morgan fingerprint density at radius 2 is 1.85 bits per heavy atom. The molecule has 1 rings (SSSR count). The highest BCUT2D eigenvalue weighted by molar-refractivity contribution is 7.99. The number of ether oxygens (including phenoxy) is 1. The monoisotopic (exact) mass is 400 g/mol. The van der Waals surface area contributed by atoms with Crippen molar-refractivity contribution < 1.29 is 23.9 Å². The number of thioether (sulfide) groups is 1. The van der Waals surface area contributed by atoms with E-state index in [2.05, 4.69) is 12.2 Å². The summed E-state index contributed by atoms with van der Waals surface area (Å²) in [5.74, 6) is -2.50. The van der Waals surface area contributed by atoms with Crippen molar-refractivity contribution in [3.63, 3.8) is 0 Å². The summed E-state index contributed by atoms with van der Waals surface area (Å²) in [6.45, 7) is 4.46. The molecule has 27 heavy (non-hydrogen) atoms. The highest BCUT2D eigenvalue weighted by Crippen LogP contribution is 2.18. The van der Waals surface area contributed by atoms with Crippen molar-refractivity contribution in [3.8, 4) is 0 Å². The fourth-order valence-electron chi connectivity index (χ4n) is 2.80. The minimum absolute atomic E-state index is 0.108. The van der Waals surface area contributed by atoms with Crippen LogP contribution in [0.15, 0.2) is 0 Å². The van der Waals surface area contributed by atoms with Crippen LogP contribution in [0.1, 0.15) is 52.4 Å². The minimum Gasteiger partial charge on any atom is -0.458 e. The Balaban J connectivity index is 2.30. The molecule has 1 saturated heterocycles. The molecule has 0 spiro atoms. The summed E-state index contributed by atoms with van der Waals surface area (Å²) in [6.07, 6.45) is 7.23. The summed E-state index contributed by atoms with van der Waals surface area (Å²) in [6, 6.07) is 0. The lowest BCUT2D eigenvalue weighted by atomic mass is 10.1. The zero-order chi connectivity index (χ0) is 20.2. The lowest BCUT2D eigenvalue weighted by molar-refractivity contribution is -0.150. The number of unbranched alkanes of at least 4 members (excludes halogenated alkanes) is 1. The molecule has 0 aromatic heterocycles. The molecule has 154 valence electrons. The van der Waals surface area contributed by atoms with Crippen molar-refractivity contribution in [3.05, 3.63) is 0 Å². The molecular formula is C19H32N2O5S. The van der Waals surface area contributed by atoms with E-state index in [9.17, 15) is 19.2 Å². The topological polar surface area (TPSA) is 92.8 Å². The number of hydrogen-bond donors (Lipinski definition) is 1. The Labute approximate surface area is 165 Å². The second-order valence-corrected chi connectivity index (χ2v) is 8.00. The van der Waals surface area contributed by atoms with E-state index in [-0.39, 0.29) is 24.1 Å². The van der Waals surface area contributed by atoms with Gasteiger partial charge in [0.05, 0.1) is 18.9 Å². The van der Waals surface area contributed by atoms with E-state index < -0.39 is 30.2 Å². The molecule has 8 heteroatoms. The first-order chi connectivity index (χ1) is 12.9. The van der Waals surface area contributed by atoms with E-state index in [0.717, 1.165) is 32.1 Å². The maximum absolute atomic E-state index is 12.1. The van der Waals surface area contributed by atoms with Gasteiger partial charge in [-0.15, -0.1) is 0 Å². The summed E-state index contributed by atoms with van der Waals surface area (Å²) in [4.78, 5) is 49.6. The van der Waals surface area contributed by atoms with Gasteiger partial charge in [-0.05, 0) is 32.4 Å². The number of likely N-dealkylation sites (tertiary alicyclic amines) is 1. The van der Waals surface area contributed by atoms with Crippen LogP contribution < -0.4 is 5.32 Å². The second-order valence-electron chi connectivity index (χ2n) is 6.86. The number of carbonyl (C=O) groups is 4. The van der Waals surface area contributed by atoms with Gasteiger partial charge in [0.15, 0.2) is 12.4 Å². The lowest BCUT2D eigenvalue weighted by Crippen LogP contribution is -2.42. The molecular weight excluding hydrogens is 368 g/mol. The van der Waals surface area contributed by atoms with Crippen LogP contribution in [0.3, 0.4) is 0 Å². The maximum atomic E-state index is 12.1. The Hall–Kier alpha value is -1.57. The van der Waals surface area contributed by atoms with Crippen LogP contribution >= 0.6 is 11.8 Å². The molecule has 7 nitrogen and oxygen atoms in total. The van der Waals surface area contributed by atoms with Gasteiger partial charge in [0.1, 0.15) is 0 Å². The van der Waals surface area contributed by atoms with Gasteiger partial charge in [0.2, 0.25) is 11.8 Å². The van der Waals surface area contributed by atoms with E-state index in [1.54, 1.807) is 16.7 Å². The molecule has 1 aliphatic heterocycles. The number of nitrogens with one attached hydrogen (secondary N) is 1. The lowest BCUT2D eigenvalue weighted by Gasteiger charge is -2.17. The van der Waals surface area contributed by atoms with Crippen LogP contribution in [-0.4, -0.2) is 66.2 Å². The van der Waals surface area contributed by atoms with Crippen LogP contribution in [0.4, 0.5) is 0 Å². The third-order valence-electron chi connectivity index (χ3n) is 4.73. The predicted molar refractivity (Wildman–Crippen MR) is 105 cm³/mol. The van der Waals surface area contributed by atoms with Crippen molar-refractivity contribution in [2.75, 3.05) is 32.5 Å². The van der Waals surface area contributed by atoms with E-state index in [4.69, 9.17) is 4.74 Å². The number of Topliss-reactive ketones (excluding diaryl/α,β-unsaturated/α-hetero) is 1. The molecule has 1 N–H and O–H groups in total. The van der Waals surface area contributed by atoms with Crippen LogP contribution in [0.2, 0.25) is 0 Å². The van der Waals surface area contributed by atoms with Crippen molar-refractivity contribution >= 4 is 35.3 Å². The average Bonchev–Trinajstić information content (AvgIpc) is 3.21. The molecule has 2 amide bonds. The Bertz CT molecular complexity index is 520. The molecule has 0 aliphatic carbocycles. The number of ketones is 1. The molecule has 1 heterocycles. The SMILES string of the molecule is CCCCC(CC(=O)OCC(=O)[C@H](C)C(=O)NCC(=O)N1CCCC1)SC. The molecule has 2 atom stereocenters. The van der Waals surface area contributed by atoms with Gasteiger partial charge in [-0.2, -0.15) is 11.8 Å².